The molecule has 3 aromatic rings. The number of hydrogen-bond donors (Lipinski definition) is 2. The minimum Gasteiger partial charge on any atom is -0.372 e. The Morgan fingerprint density at radius 3 is 2.24 bits per heavy atom. The lowest BCUT2D eigenvalue weighted by Crippen LogP contribution is -2.38. The number of amides is 4. The van der Waals surface area contributed by atoms with Gasteiger partial charge < -0.3 is 20.1 Å². The summed E-state index contributed by atoms with van der Waals surface area (Å²) in [4.78, 5) is 41.1. The van der Waals surface area contributed by atoms with E-state index in [-0.39, 0.29) is 12.2 Å². The van der Waals surface area contributed by atoms with Crippen LogP contribution in [0.5, 0.6) is 0 Å². The zero-order chi connectivity index (χ0) is 26.7. The molecule has 1 aliphatic heterocycles. The van der Waals surface area contributed by atoms with Crippen LogP contribution in [0.2, 0.25) is 0 Å². The van der Waals surface area contributed by atoms with Crippen molar-refractivity contribution in [2.45, 2.75) is 34.6 Å². The van der Waals surface area contributed by atoms with Gasteiger partial charge in [-0.15, -0.1) is 0 Å². The van der Waals surface area contributed by atoms with Crippen molar-refractivity contribution in [3.8, 4) is 5.69 Å². The van der Waals surface area contributed by atoms with Gasteiger partial charge in [0.25, 0.3) is 5.91 Å². The van der Waals surface area contributed by atoms with Crippen molar-refractivity contribution in [3.63, 3.8) is 0 Å². The average molecular weight is 500 g/mol. The van der Waals surface area contributed by atoms with Gasteiger partial charge in [0.05, 0.1) is 0 Å². The Hall–Kier alpha value is -4.33. The lowest BCUT2D eigenvalue weighted by molar-refractivity contribution is -0.127. The van der Waals surface area contributed by atoms with Crippen molar-refractivity contribution >= 4 is 35.3 Å². The fraction of sp³-hybridized carbons (Fsp3) is 0.276. The number of aryl methyl sites for hydroxylation is 2. The minimum absolute atomic E-state index is 0.144. The van der Waals surface area contributed by atoms with Crippen LogP contribution >= 0.6 is 0 Å². The Morgan fingerprint density at radius 1 is 0.973 bits per heavy atom. The third-order valence-electron chi connectivity index (χ3n) is 6.61. The number of aromatic nitrogens is 1. The number of benzene rings is 2. The van der Waals surface area contributed by atoms with Crippen molar-refractivity contribution < 1.29 is 14.4 Å². The minimum atomic E-state index is -0.615. The highest BCUT2D eigenvalue weighted by Crippen LogP contribution is 2.25. The molecule has 2 aromatic carbocycles. The highest BCUT2D eigenvalue weighted by molar-refractivity contribution is 6.16. The lowest BCUT2D eigenvalue weighted by Gasteiger charge is -2.21. The van der Waals surface area contributed by atoms with E-state index in [4.69, 9.17) is 0 Å². The Morgan fingerprint density at radius 2 is 1.62 bits per heavy atom. The van der Waals surface area contributed by atoms with E-state index in [1.807, 2.05) is 39.0 Å². The molecule has 0 unspecified atom stereocenters. The summed E-state index contributed by atoms with van der Waals surface area (Å²) in [5, 5.41) is 5.33. The maximum atomic E-state index is 13.0. The van der Waals surface area contributed by atoms with Crippen LogP contribution in [0.4, 0.5) is 16.2 Å². The third kappa shape index (κ3) is 5.43. The second-order valence-electron chi connectivity index (χ2n) is 9.14. The fourth-order valence-electron chi connectivity index (χ4n) is 4.58. The first-order valence-corrected chi connectivity index (χ1v) is 12.5. The van der Waals surface area contributed by atoms with E-state index in [0.717, 1.165) is 46.2 Å². The molecule has 1 aliphatic rings. The summed E-state index contributed by atoms with van der Waals surface area (Å²) in [5.74, 6) is -0.975. The Balaban J connectivity index is 1.51. The molecule has 8 nitrogen and oxygen atoms in total. The number of imide groups is 1. The zero-order valence-electron chi connectivity index (χ0n) is 22.0. The standard InChI is InChI=1S/C29H33N5O3/c1-6-32(7-2)24-12-14-25(15-13-24)34-20(4)16-22(21(34)5)17-26-28(36)33(29(37)31-26)18-27(35)30-23-10-8-19(3)9-11-23/h8-17H,6-7,18H2,1-5H3,(H,30,35)(H,31,37)/b26-17+. The summed E-state index contributed by atoms with van der Waals surface area (Å²) in [6, 6.07) is 17.1. The molecule has 2 N–H and O–H groups in total. The van der Waals surface area contributed by atoms with Gasteiger partial charge >= 0.3 is 6.03 Å². The highest BCUT2D eigenvalue weighted by Gasteiger charge is 2.35. The Labute approximate surface area is 217 Å². The number of hydrogen-bond acceptors (Lipinski definition) is 4. The zero-order valence-corrected chi connectivity index (χ0v) is 22.0. The molecular formula is C29H33N5O3. The van der Waals surface area contributed by atoms with E-state index in [0.29, 0.717) is 5.69 Å². The normalized spacial score (nSPS) is 14.3. The molecule has 1 aromatic heterocycles. The summed E-state index contributed by atoms with van der Waals surface area (Å²) in [6.45, 7) is 11.7. The Bertz CT molecular complexity index is 1350. The van der Waals surface area contributed by atoms with Gasteiger partial charge in [-0.05, 0) is 88.7 Å². The predicted molar refractivity (Wildman–Crippen MR) is 147 cm³/mol. The summed E-state index contributed by atoms with van der Waals surface area (Å²) in [6.07, 6.45) is 1.67. The molecule has 0 bridgehead atoms. The SMILES string of the molecule is CCN(CC)c1ccc(-n2c(C)cc(/C=C3/NC(=O)N(CC(=O)Nc4ccc(C)cc4)C3=O)c2C)cc1. The van der Waals surface area contributed by atoms with E-state index in [2.05, 4.69) is 58.2 Å². The summed E-state index contributed by atoms with van der Waals surface area (Å²) >= 11 is 0. The molecule has 1 saturated heterocycles. The van der Waals surface area contributed by atoms with Crippen LogP contribution < -0.4 is 15.5 Å². The van der Waals surface area contributed by atoms with Crippen LogP contribution in [0, 0.1) is 20.8 Å². The maximum Gasteiger partial charge on any atom is 0.329 e. The predicted octanol–water partition coefficient (Wildman–Crippen LogP) is 4.78. The van der Waals surface area contributed by atoms with E-state index in [9.17, 15) is 14.4 Å². The van der Waals surface area contributed by atoms with E-state index in [1.165, 1.54) is 5.69 Å². The topological polar surface area (TPSA) is 86.7 Å². The molecule has 192 valence electrons. The first kappa shape index (κ1) is 25.8. The first-order chi connectivity index (χ1) is 17.7. The van der Waals surface area contributed by atoms with Gasteiger partial charge in [-0.1, -0.05) is 17.7 Å². The van der Waals surface area contributed by atoms with Gasteiger partial charge in [0.15, 0.2) is 0 Å². The van der Waals surface area contributed by atoms with Crippen LogP contribution in [0.3, 0.4) is 0 Å². The van der Waals surface area contributed by atoms with Crippen LogP contribution in [-0.2, 0) is 9.59 Å². The third-order valence-corrected chi connectivity index (χ3v) is 6.61. The molecule has 0 spiro atoms. The van der Waals surface area contributed by atoms with E-state index < -0.39 is 17.8 Å². The van der Waals surface area contributed by atoms with Crippen molar-refractivity contribution in [2.24, 2.45) is 0 Å². The van der Waals surface area contributed by atoms with Gasteiger partial charge in [0.2, 0.25) is 5.91 Å². The van der Waals surface area contributed by atoms with E-state index >= 15 is 0 Å². The van der Waals surface area contributed by atoms with Crippen molar-refractivity contribution in [1.82, 2.24) is 14.8 Å². The largest absolute Gasteiger partial charge is 0.372 e. The van der Waals surface area contributed by atoms with Gasteiger partial charge in [0.1, 0.15) is 12.2 Å². The van der Waals surface area contributed by atoms with Crippen LogP contribution in [0.15, 0.2) is 60.3 Å². The number of nitrogens with one attached hydrogen (secondary N) is 2. The number of nitrogens with zero attached hydrogens (tertiary/aromatic N) is 3. The number of urea groups is 1. The van der Waals surface area contributed by atoms with Crippen molar-refractivity contribution in [1.29, 1.82) is 0 Å². The number of rotatable bonds is 8. The molecule has 8 heteroatoms. The number of carbonyl (C=O) groups is 3. The Kier molecular flexibility index (Phi) is 7.47. The molecule has 0 saturated carbocycles. The van der Waals surface area contributed by atoms with Gasteiger partial charge in [-0.3, -0.25) is 9.59 Å². The summed E-state index contributed by atoms with van der Waals surface area (Å²) in [5.41, 5.74) is 6.78. The number of anilines is 2. The van der Waals surface area contributed by atoms with Gasteiger partial charge in [-0.25, -0.2) is 9.69 Å². The second-order valence-corrected chi connectivity index (χ2v) is 9.14. The van der Waals surface area contributed by atoms with Crippen molar-refractivity contribution in [2.75, 3.05) is 29.9 Å². The van der Waals surface area contributed by atoms with Crippen LogP contribution in [0.25, 0.3) is 11.8 Å². The molecule has 0 aliphatic carbocycles. The fourth-order valence-corrected chi connectivity index (χ4v) is 4.58. The maximum absolute atomic E-state index is 13.0. The molecule has 1 fully saturated rings. The average Bonchev–Trinajstić information content (AvgIpc) is 3.30. The molecular weight excluding hydrogens is 466 g/mol. The molecule has 37 heavy (non-hydrogen) atoms. The van der Waals surface area contributed by atoms with Crippen LogP contribution in [0.1, 0.15) is 36.4 Å². The van der Waals surface area contributed by atoms with E-state index in [1.54, 1.807) is 18.2 Å². The molecule has 4 rings (SSSR count). The monoisotopic (exact) mass is 499 g/mol. The lowest BCUT2D eigenvalue weighted by atomic mass is 10.2. The summed E-state index contributed by atoms with van der Waals surface area (Å²) in [7, 11) is 0. The quantitative estimate of drug-likeness (QED) is 0.345. The van der Waals surface area contributed by atoms with Crippen LogP contribution in [-0.4, -0.2) is 46.9 Å². The van der Waals surface area contributed by atoms with Gasteiger partial charge in [0, 0.05) is 41.5 Å². The number of carbonyl (C=O) groups excluding carboxylic acids is 3. The van der Waals surface area contributed by atoms with Gasteiger partial charge in [-0.2, -0.15) is 0 Å². The molecule has 2 heterocycles. The molecule has 0 radical (unpaired) electrons. The highest BCUT2D eigenvalue weighted by atomic mass is 16.2. The second kappa shape index (κ2) is 10.7. The molecule has 0 atom stereocenters. The first-order valence-electron chi connectivity index (χ1n) is 12.5. The van der Waals surface area contributed by atoms with Crippen molar-refractivity contribution in [3.05, 3.63) is 82.8 Å². The molecule has 4 amide bonds. The smallest absolute Gasteiger partial charge is 0.329 e. The summed E-state index contributed by atoms with van der Waals surface area (Å²) < 4.78 is 2.12.